The summed E-state index contributed by atoms with van der Waals surface area (Å²) in [6.07, 6.45) is -0.0336. The highest BCUT2D eigenvalue weighted by Gasteiger charge is 2.38. The summed E-state index contributed by atoms with van der Waals surface area (Å²) in [4.78, 5) is 0. The van der Waals surface area contributed by atoms with Crippen LogP contribution in [0, 0.1) is 0 Å². The maximum atomic E-state index is 9.24. The van der Waals surface area contributed by atoms with Crippen molar-refractivity contribution in [2.75, 3.05) is 7.11 Å². The smallest absolute Gasteiger partial charge is 0.0867 e. The predicted octanol–water partition coefficient (Wildman–Crippen LogP) is -1.58. The Bertz CT molecular complexity index is 120. The van der Waals surface area contributed by atoms with Crippen molar-refractivity contribution in [1.29, 1.82) is 0 Å². The molecule has 1 fully saturated rings. The van der Waals surface area contributed by atoms with Crippen molar-refractivity contribution in [2.24, 2.45) is 11.5 Å². The second-order valence-corrected chi connectivity index (χ2v) is 2.74. The molecule has 0 bridgehead atoms. The molecule has 0 aromatic carbocycles. The van der Waals surface area contributed by atoms with E-state index in [0.29, 0.717) is 6.42 Å². The van der Waals surface area contributed by atoms with Crippen LogP contribution in [-0.2, 0) is 4.74 Å². The Balaban J connectivity index is 2.53. The molecule has 0 heterocycles. The second kappa shape index (κ2) is 2.84. The molecule has 0 radical (unpaired) electrons. The summed E-state index contributed by atoms with van der Waals surface area (Å²) >= 11 is 0. The first-order chi connectivity index (χ1) is 4.66. The van der Waals surface area contributed by atoms with Crippen LogP contribution in [0.25, 0.3) is 0 Å². The van der Waals surface area contributed by atoms with E-state index in [9.17, 15) is 5.11 Å². The molecule has 4 nitrogen and oxygen atoms in total. The normalized spacial score (nSPS) is 48.0. The fraction of sp³-hybridized carbons (Fsp3) is 1.00. The first-order valence-electron chi connectivity index (χ1n) is 3.39. The van der Waals surface area contributed by atoms with Crippen molar-refractivity contribution in [3.05, 3.63) is 0 Å². The minimum Gasteiger partial charge on any atom is -0.390 e. The molecule has 0 saturated heterocycles. The van der Waals surface area contributed by atoms with E-state index in [1.165, 1.54) is 0 Å². The third-order valence-corrected chi connectivity index (χ3v) is 2.07. The number of aliphatic hydroxyl groups is 1. The van der Waals surface area contributed by atoms with Crippen molar-refractivity contribution in [3.8, 4) is 0 Å². The van der Waals surface area contributed by atoms with Crippen LogP contribution in [0.15, 0.2) is 0 Å². The van der Waals surface area contributed by atoms with Gasteiger partial charge in [0, 0.05) is 13.2 Å². The first-order valence-corrected chi connectivity index (χ1v) is 3.39. The van der Waals surface area contributed by atoms with Gasteiger partial charge in [0.25, 0.3) is 0 Å². The Kier molecular flexibility index (Phi) is 2.25. The van der Waals surface area contributed by atoms with Gasteiger partial charge in [-0.3, -0.25) is 0 Å². The van der Waals surface area contributed by atoms with Gasteiger partial charge in [-0.05, 0) is 6.42 Å². The average molecular weight is 146 g/mol. The van der Waals surface area contributed by atoms with Crippen molar-refractivity contribution in [2.45, 2.75) is 30.7 Å². The minimum atomic E-state index is -0.607. The molecule has 0 aliphatic heterocycles. The predicted molar refractivity (Wildman–Crippen MR) is 37.4 cm³/mol. The van der Waals surface area contributed by atoms with Crippen LogP contribution in [0.4, 0.5) is 0 Å². The SMILES string of the molecule is COC1CC(N)C(O)C1N. The number of nitrogens with two attached hydrogens (primary N) is 2. The largest absolute Gasteiger partial charge is 0.390 e. The van der Waals surface area contributed by atoms with Crippen LogP contribution < -0.4 is 11.5 Å². The van der Waals surface area contributed by atoms with Gasteiger partial charge in [0.05, 0.1) is 18.2 Å². The van der Waals surface area contributed by atoms with Crippen LogP contribution >= 0.6 is 0 Å². The number of methoxy groups -OCH3 is 1. The van der Waals surface area contributed by atoms with Gasteiger partial charge < -0.3 is 21.3 Å². The summed E-state index contributed by atoms with van der Waals surface area (Å²) in [6, 6.07) is -0.542. The number of hydrogen-bond donors (Lipinski definition) is 3. The van der Waals surface area contributed by atoms with E-state index in [0.717, 1.165) is 0 Å². The van der Waals surface area contributed by atoms with E-state index >= 15 is 0 Å². The van der Waals surface area contributed by atoms with Crippen molar-refractivity contribution < 1.29 is 9.84 Å². The monoisotopic (exact) mass is 146 g/mol. The van der Waals surface area contributed by atoms with Crippen LogP contribution in [0.3, 0.4) is 0 Å². The zero-order chi connectivity index (χ0) is 7.72. The Morgan fingerprint density at radius 3 is 2.30 bits per heavy atom. The summed E-state index contributed by atoms with van der Waals surface area (Å²) in [5.74, 6) is 0. The lowest BCUT2D eigenvalue weighted by Crippen LogP contribution is -2.42. The van der Waals surface area contributed by atoms with E-state index in [1.807, 2.05) is 0 Å². The van der Waals surface area contributed by atoms with Crippen molar-refractivity contribution in [1.82, 2.24) is 0 Å². The molecule has 0 aromatic rings. The van der Waals surface area contributed by atoms with Crippen molar-refractivity contribution in [3.63, 3.8) is 0 Å². The molecular formula is C6H14N2O2. The molecular weight excluding hydrogens is 132 g/mol. The van der Waals surface area contributed by atoms with Crippen LogP contribution in [0.5, 0.6) is 0 Å². The summed E-state index contributed by atoms with van der Waals surface area (Å²) in [7, 11) is 1.58. The van der Waals surface area contributed by atoms with Crippen LogP contribution in [0.2, 0.25) is 0 Å². The van der Waals surface area contributed by atoms with Gasteiger partial charge in [0.2, 0.25) is 0 Å². The Labute approximate surface area is 60.1 Å². The molecule has 5 N–H and O–H groups in total. The van der Waals surface area contributed by atoms with E-state index in [-0.39, 0.29) is 18.2 Å². The third kappa shape index (κ3) is 1.15. The average Bonchev–Trinajstić information content (AvgIpc) is 2.17. The fourth-order valence-corrected chi connectivity index (χ4v) is 1.32. The Morgan fingerprint density at radius 2 is 2.10 bits per heavy atom. The van der Waals surface area contributed by atoms with Gasteiger partial charge in [-0.25, -0.2) is 0 Å². The highest BCUT2D eigenvalue weighted by Crippen LogP contribution is 2.19. The number of hydrogen-bond acceptors (Lipinski definition) is 4. The van der Waals surface area contributed by atoms with Gasteiger partial charge in [-0.1, -0.05) is 0 Å². The standard InChI is InChI=1S/C6H14N2O2/c1-10-4-2-3(7)6(9)5(4)8/h3-6,9H,2,7-8H2,1H3. The van der Waals surface area contributed by atoms with E-state index in [1.54, 1.807) is 7.11 Å². The van der Waals surface area contributed by atoms with Gasteiger partial charge in [-0.15, -0.1) is 0 Å². The summed E-state index contributed by atoms with van der Waals surface area (Å²) in [5, 5.41) is 9.24. The van der Waals surface area contributed by atoms with Crippen molar-refractivity contribution >= 4 is 0 Å². The lowest BCUT2D eigenvalue weighted by Gasteiger charge is -2.15. The lowest BCUT2D eigenvalue weighted by atomic mass is 10.2. The molecule has 0 amide bonds. The summed E-state index contributed by atoms with van der Waals surface area (Å²) in [6.45, 7) is 0. The molecule has 1 aliphatic carbocycles. The van der Waals surface area contributed by atoms with Crippen LogP contribution in [0.1, 0.15) is 6.42 Å². The Hall–Kier alpha value is -0.160. The maximum absolute atomic E-state index is 9.24. The van der Waals surface area contributed by atoms with Crippen LogP contribution in [-0.4, -0.2) is 36.5 Å². The summed E-state index contributed by atoms with van der Waals surface area (Å²) in [5.41, 5.74) is 11.1. The molecule has 4 atom stereocenters. The van der Waals surface area contributed by atoms with Gasteiger partial charge in [0.15, 0.2) is 0 Å². The molecule has 1 saturated carbocycles. The highest BCUT2D eigenvalue weighted by atomic mass is 16.5. The number of rotatable bonds is 1. The van der Waals surface area contributed by atoms with E-state index in [2.05, 4.69) is 0 Å². The third-order valence-electron chi connectivity index (χ3n) is 2.07. The topological polar surface area (TPSA) is 81.5 Å². The van der Waals surface area contributed by atoms with Gasteiger partial charge >= 0.3 is 0 Å². The molecule has 1 rings (SSSR count). The molecule has 4 heteroatoms. The van der Waals surface area contributed by atoms with E-state index in [4.69, 9.17) is 16.2 Å². The molecule has 10 heavy (non-hydrogen) atoms. The fourth-order valence-electron chi connectivity index (χ4n) is 1.32. The molecule has 4 unspecified atom stereocenters. The molecule has 0 aromatic heterocycles. The quantitative estimate of drug-likeness (QED) is 0.417. The zero-order valence-corrected chi connectivity index (χ0v) is 6.03. The molecule has 0 spiro atoms. The molecule has 1 aliphatic rings. The minimum absolute atomic E-state index is 0.0787. The summed E-state index contributed by atoms with van der Waals surface area (Å²) < 4.78 is 5.00. The van der Waals surface area contributed by atoms with Gasteiger partial charge in [0.1, 0.15) is 0 Å². The van der Waals surface area contributed by atoms with Gasteiger partial charge in [-0.2, -0.15) is 0 Å². The highest BCUT2D eigenvalue weighted by molar-refractivity contribution is 4.96. The lowest BCUT2D eigenvalue weighted by molar-refractivity contribution is 0.0691. The Morgan fingerprint density at radius 1 is 1.50 bits per heavy atom. The maximum Gasteiger partial charge on any atom is 0.0867 e. The van der Waals surface area contributed by atoms with E-state index < -0.39 is 6.10 Å². The zero-order valence-electron chi connectivity index (χ0n) is 6.03. The molecule has 60 valence electrons. The number of ether oxygens (including phenoxy) is 1. The first kappa shape index (κ1) is 7.94. The second-order valence-electron chi connectivity index (χ2n) is 2.74. The number of aliphatic hydroxyl groups excluding tert-OH is 1.